The number of hydrogen-bond acceptors (Lipinski definition) is 5. The van der Waals surface area contributed by atoms with E-state index in [9.17, 15) is 9.18 Å². The molecular formula is C60H76ClFN8O. The molecule has 2 aliphatic heterocycles. The van der Waals surface area contributed by atoms with Crippen LogP contribution < -0.4 is 10.6 Å². The fourth-order valence-corrected chi connectivity index (χ4v) is 8.59. The van der Waals surface area contributed by atoms with Crippen molar-refractivity contribution in [3.05, 3.63) is 159 Å². The molecule has 0 saturated carbocycles. The molecule has 71 heavy (non-hydrogen) atoms. The van der Waals surface area contributed by atoms with Crippen molar-refractivity contribution >= 4 is 61.6 Å². The Morgan fingerprint density at radius 2 is 0.958 bits per heavy atom. The lowest BCUT2D eigenvalue weighted by molar-refractivity contribution is -0.115. The molecule has 11 heteroatoms. The maximum absolute atomic E-state index is 13.8. The predicted octanol–water partition coefficient (Wildman–Crippen LogP) is 15.9. The second-order valence-electron chi connectivity index (χ2n) is 24.3. The Labute approximate surface area is 426 Å². The molecular weight excluding hydrogens is 903 g/mol. The molecule has 1 amide bonds. The highest BCUT2D eigenvalue weighted by molar-refractivity contribution is 6.35. The summed E-state index contributed by atoms with van der Waals surface area (Å²) in [5.74, 6) is -0.0600. The van der Waals surface area contributed by atoms with Gasteiger partial charge in [0.25, 0.3) is 0 Å². The molecule has 9 nitrogen and oxygen atoms in total. The van der Waals surface area contributed by atoms with Crippen molar-refractivity contribution in [2.75, 3.05) is 10.6 Å². The maximum Gasteiger partial charge on any atom is 0.228 e. The zero-order chi connectivity index (χ0) is 52.6. The summed E-state index contributed by atoms with van der Waals surface area (Å²) in [7, 11) is 0. The molecule has 0 fully saturated rings. The third-order valence-corrected chi connectivity index (χ3v) is 13.2. The first-order chi connectivity index (χ1) is 32.8. The third-order valence-electron chi connectivity index (χ3n) is 12.9. The number of aromatic amines is 3. The van der Waals surface area contributed by atoms with Gasteiger partial charge in [0.1, 0.15) is 5.82 Å². The number of carbonyl (C=O) groups is 1. The smallest absolute Gasteiger partial charge is 0.228 e. The van der Waals surface area contributed by atoms with Gasteiger partial charge in [-0.15, -0.1) is 0 Å². The summed E-state index contributed by atoms with van der Waals surface area (Å²) >= 11 is 6.14. The molecule has 2 aliphatic rings. The Balaban J connectivity index is 0.000000145. The first-order valence-corrected chi connectivity index (χ1v) is 24.9. The Hall–Kier alpha value is -6.26. The SMILES string of the molecule is C=C1Cc2cc(C(C)(C)C)cc(F)c2N1.CC(C)(C)c1cc(Cl)c2[nH]ncc2c1.CC(C)(C)c1ccc2[nH]ncc2c1.Cc1cc(C(C)(C)C)cc2c1NC(=O)C2.Cc1cc(C(C)(C)C)cc2cn[nH]c12. The fraction of sp³-hybridized carbons (Fsp3) is 0.400. The number of H-pyrrole nitrogens is 3. The van der Waals surface area contributed by atoms with Crippen molar-refractivity contribution in [3.8, 4) is 0 Å². The molecule has 0 spiro atoms. The van der Waals surface area contributed by atoms with E-state index in [1.807, 2.05) is 18.5 Å². The number of rotatable bonds is 0. The number of benzene rings is 5. The van der Waals surface area contributed by atoms with Gasteiger partial charge in [0, 0.05) is 34.0 Å². The number of nitrogens with one attached hydrogen (secondary N) is 5. The molecule has 0 atom stereocenters. The van der Waals surface area contributed by atoms with Crippen LogP contribution in [0.4, 0.5) is 15.8 Å². The van der Waals surface area contributed by atoms with Gasteiger partial charge in [-0.1, -0.05) is 152 Å². The van der Waals surface area contributed by atoms with Crippen LogP contribution in [0.1, 0.15) is 154 Å². The largest absolute Gasteiger partial charge is 0.357 e. The predicted molar refractivity (Wildman–Crippen MR) is 298 cm³/mol. The van der Waals surface area contributed by atoms with Crippen LogP contribution in [-0.4, -0.2) is 36.5 Å². The number of anilines is 2. The number of nitrogens with zero attached hydrogens (tertiary/aromatic N) is 3. The average Bonchev–Trinajstić information content (AvgIpc) is 4.10. The highest BCUT2D eigenvalue weighted by atomic mass is 35.5. The van der Waals surface area contributed by atoms with Crippen molar-refractivity contribution < 1.29 is 9.18 Å². The number of fused-ring (bicyclic) bond motifs is 5. The van der Waals surface area contributed by atoms with Gasteiger partial charge >= 0.3 is 0 Å². The summed E-state index contributed by atoms with van der Waals surface area (Å²) in [4.78, 5) is 11.3. The van der Waals surface area contributed by atoms with E-state index < -0.39 is 0 Å². The van der Waals surface area contributed by atoms with Crippen LogP contribution in [-0.2, 0) is 44.7 Å². The first-order valence-electron chi connectivity index (χ1n) is 24.5. The fourth-order valence-electron chi connectivity index (χ4n) is 8.32. The molecule has 5 aromatic carbocycles. The number of hydrogen-bond donors (Lipinski definition) is 5. The van der Waals surface area contributed by atoms with Gasteiger partial charge in [0.05, 0.1) is 52.3 Å². The standard InChI is InChI=1S/C13H16FN.C13H17NO.C12H16N2.C11H13ClN2.C11H14N2/c1-8-5-9-6-10(13(2,3)4)7-11(14)12(9)15-8;1-8-5-10(13(2,3)4)6-9-7-11(15)14-12(8)9;1-8-5-10(12(2,3)4)6-9-7-13-14-11(8)9;1-11(2,3)8-4-7-6-13-14-10(7)9(12)5-8;1-11(2,3)9-4-5-10-8(6-9)7-12-13-10/h6-7,15H,1,5H2,2-4H3;5-6H,7H2,1-4H3,(H,14,15);5-7H,1-4H3,(H,13,14);4-6H,1-3H3,(H,13,14);4-7H,1-3H3,(H,12,13). The van der Waals surface area contributed by atoms with Gasteiger partial charge in [0.15, 0.2) is 0 Å². The average molecular weight is 980 g/mol. The lowest BCUT2D eigenvalue weighted by Gasteiger charge is -2.21. The van der Waals surface area contributed by atoms with Crippen molar-refractivity contribution in [2.45, 2.75) is 158 Å². The van der Waals surface area contributed by atoms with E-state index in [1.54, 1.807) is 12.3 Å². The summed E-state index contributed by atoms with van der Waals surface area (Å²) in [6.07, 6.45) is 6.81. The Morgan fingerprint density at radius 3 is 1.54 bits per heavy atom. The van der Waals surface area contributed by atoms with Crippen LogP contribution in [0.3, 0.4) is 0 Å². The number of carbonyl (C=O) groups excluding carboxylic acids is 1. The molecule has 376 valence electrons. The minimum atomic E-state index is -0.170. The van der Waals surface area contributed by atoms with Gasteiger partial charge in [0.2, 0.25) is 5.91 Å². The number of allylic oxidation sites excluding steroid dienone is 1. The second-order valence-corrected chi connectivity index (χ2v) is 24.7. The Morgan fingerprint density at radius 1 is 0.507 bits per heavy atom. The van der Waals surface area contributed by atoms with E-state index in [4.69, 9.17) is 11.6 Å². The number of aryl methyl sites for hydroxylation is 2. The zero-order valence-electron chi connectivity index (χ0n) is 45.2. The van der Waals surface area contributed by atoms with E-state index in [2.05, 4.69) is 220 Å². The summed E-state index contributed by atoms with van der Waals surface area (Å²) in [6, 6.07) is 23.0. The van der Waals surface area contributed by atoms with E-state index in [0.717, 1.165) is 61.5 Å². The molecule has 0 radical (unpaired) electrons. The van der Waals surface area contributed by atoms with Crippen LogP contribution in [0.5, 0.6) is 0 Å². The van der Waals surface area contributed by atoms with Crippen LogP contribution in [0, 0.1) is 19.7 Å². The Bertz CT molecular complexity index is 3040. The van der Waals surface area contributed by atoms with E-state index in [1.165, 1.54) is 44.2 Å². The van der Waals surface area contributed by atoms with Crippen LogP contribution in [0.15, 0.2) is 97.6 Å². The minimum Gasteiger partial charge on any atom is -0.357 e. The van der Waals surface area contributed by atoms with E-state index in [0.29, 0.717) is 12.1 Å². The number of amides is 1. The molecule has 8 aromatic rings. The first kappa shape index (κ1) is 54.1. The van der Waals surface area contributed by atoms with E-state index >= 15 is 0 Å². The third kappa shape index (κ3) is 13.4. The monoisotopic (exact) mass is 979 g/mol. The van der Waals surface area contributed by atoms with Crippen molar-refractivity contribution in [3.63, 3.8) is 0 Å². The van der Waals surface area contributed by atoms with Crippen molar-refractivity contribution in [1.82, 2.24) is 30.6 Å². The zero-order valence-corrected chi connectivity index (χ0v) is 46.0. The summed E-state index contributed by atoms with van der Waals surface area (Å²) in [6.45, 7) is 40.7. The van der Waals surface area contributed by atoms with Gasteiger partial charge < -0.3 is 10.6 Å². The summed E-state index contributed by atoms with van der Waals surface area (Å²) in [5, 5.41) is 31.0. The highest BCUT2D eigenvalue weighted by Gasteiger charge is 2.25. The molecule has 5 N–H and O–H groups in total. The summed E-state index contributed by atoms with van der Waals surface area (Å²) < 4.78 is 13.8. The quantitative estimate of drug-likeness (QED) is 0.103. The highest BCUT2D eigenvalue weighted by Crippen LogP contribution is 2.36. The second kappa shape index (κ2) is 20.5. The van der Waals surface area contributed by atoms with Crippen LogP contribution >= 0.6 is 11.6 Å². The molecule has 0 aliphatic carbocycles. The van der Waals surface area contributed by atoms with Gasteiger partial charge in [-0.3, -0.25) is 20.1 Å². The van der Waals surface area contributed by atoms with Gasteiger partial charge in [-0.25, -0.2) is 4.39 Å². The number of aromatic nitrogens is 6. The normalized spacial score (nSPS) is 13.5. The van der Waals surface area contributed by atoms with Gasteiger partial charge in [-0.05, 0) is 127 Å². The molecule has 5 heterocycles. The van der Waals surface area contributed by atoms with Crippen molar-refractivity contribution in [1.29, 1.82) is 0 Å². The molecule has 0 unspecified atom stereocenters. The molecule has 10 rings (SSSR count). The van der Waals surface area contributed by atoms with Crippen molar-refractivity contribution in [2.24, 2.45) is 0 Å². The van der Waals surface area contributed by atoms with Crippen LogP contribution in [0.25, 0.3) is 32.7 Å². The molecule has 3 aromatic heterocycles. The minimum absolute atomic E-state index is 0.0141. The Kier molecular flexibility index (Phi) is 15.6. The lowest BCUT2D eigenvalue weighted by Crippen LogP contribution is -2.12. The molecule has 0 saturated heterocycles. The van der Waals surface area contributed by atoms with Gasteiger partial charge in [-0.2, -0.15) is 15.3 Å². The van der Waals surface area contributed by atoms with Crippen LogP contribution in [0.2, 0.25) is 5.02 Å². The molecule has 0 bridgehead atoms. The van der Waals surface area contributed by atoms with E-state index in [-0.39, 0.29) is 38.8 Å². The topological polar surface area (TPSA) is 127 Å². The number of halogens is 2. The lowest BCUT2D eigenvalue weighted by atomic mass is 9.84. The maximum atomic E-state index is 13.8. The summed E-state index contributed by atoms with van der Waals surface area (Å²) in [5.41, 5.74) is 17.2.